The van der Waals surface area contributed by atoms with E-state index in [0.717, 1.165) is 0 Å². The lowest BCUT2D eigenvalue weighted by Gasteiger charge is -2.39. The van der Waals surface area contributed by atoms with Crippen molar-refractivity contribution in [3.63, 3.8) is 0 Å². The molecule has 1 aromatic carbocycles. The summed E-state index contributed by atoms with van der Waals surface area (Å²) in [5.41, 5.74) is 6.26. The Labute approximate surface area is 227 Å². The van der Waals surface area contributed by atoms with E-state index in [4.69, 9.17) is 10.5 Å². The summed E-state index contributed by atoms with van der Waals surface area (Å²) in [6.07, 6.45) is -3.89. The van der Waals surface area contributed by atoms with Crippen LogP contribution in [0, 0.1) is 23.7 Å². The number of carbonyl (C=O) groups is 1. The maximum atomic E-state index is 14.4. The Balaban J connectivity index is 1.41. The number of aliphatic carboxylic acids is 1. The topological polar surface area (TPSA) is 155 Å². The second-order valence-corrected chi connectivity index (χ2v) is 10.2. The van der Waals surface area contributed by atoms with Crippen LogP contribution in [-0.2, 0) is 4.79 Å². The standard InChI is InChI=1S/C26H27F3N8O3/c1-15-4-7-37(35-15)19-10-16(13-30)2-3-17(19)22(26(27,28)29)40-21-11-20(33-24(31)34-21)36-8-5-25(6-9-36)12-18(23(38)39)32-14-25/h2-4,7,10-11,18,22,32H,5-6,8-9,12,14H2,1H3,(H,38,39)(H2,31,33,34)/t18-,22+/m0/s1. The number of alkyl halides is 3. The van der Waals surface area contributed by atoms with Gasteiger partial charge in [0.05, 0.1) is 23.0 Å². The first kappa shape index (κ1) is 27.2. The number of nitrogens with one attached hydrogen (secondary N) is 1. The monoisotopic (exact) mass is 556 g/mol. The zero-order valence-electron chi connectivity index (χ0n) is 21.5. The normalized spacial score (nSPS) is 19.4. The van der Waals surface area contributed by atoms with Crippen molar-refractivity contribution < 1.29 is 27.8 Å². The smallest absolute Gasteiger partial charge is 0.429 e. The summed E-state index contributed by atoms with van der Waals surface area (Å²) in [6.45, 7) is 3.33. The van der Waals surface area contributed by atoms with Gasteiger partial charge in [0.1, 0.15) is 11.9 Å². The molecule has 0 unspecified atom stereocenters. The average molecular weight is 557 g/mol. The van der Waals surface area contributed by atoms with Crippen LogP contribution in [0.2, 0.25) is 0 Å². The number of hydrogen-bond acceptors (Lipinski definition) is 9. The van der Waals surface area contributed by atoms with E-state index >= 15 is 0 Å². The fraction of sp³-hybridized carbons (Fsp3) is 0.423. The van der Waals surface area contributed by atoms with Crippen molar-refractivity contribution in [1.29, 1.82) is 5.26 Å². The summed E-state index contributed by atoms with van der Waals surface area (Å²) in [4.78, 5) is 21.4. The van der Waals surface area contributed by atoms with Gasteiger partial charge in [-0.1, -0.05) is 6.07 Å². The minimum atomic E-state index is -4.85. The van der Waals surface area contributed by atoms with Crippen LogP contribution < -0.4 is 20.7 Å². The third-order valence-corrected chi connectivity index (χ3v) is 7.46. The number of nitrogens with two attached hydrogens (primary N) is 1. The number of carboxylic acid groups (broad SMARTS) is 1. The Bertz CT molecular complexity index is 1460. The molecule has 2 aliphatic heterocycles. The molecule has 0 amide bonds. The summed E-state index contributed by atoms with van der Waals surface area (Å²) < 4.78 is 50.0. The molecule has 14 heteroatoms. The van der Waals surface area contributed by atoms with Gasteiger partial charge >= 0.3 is 12.1 Å². The lowest BCUT2D eigenvalue weighted by molar-refractivity contribution is -0.198. The van der Waals surface area contributed by atoms with E-state index in [1.54, 1.807) is 13.0 Å². The van der Waals surface area contributed by atoms with E-state index in [2.05, 4.69) is 20.4 Å². The van der Waals surface area contributed by atoms with Gasteiger partial charge in [-0.25, -0.2) is 4.68 Å². The maximum absolute atomic E-state index is 14.4. The lowest BCUT2D eigenvalue weighted by Crippen LogP contribution is -2.41. The number of rotatable bonds is 6. The number of carboxylic acids is 1. The van der Waals surface area contributed by atoms with Crippen molar-refractivity contribution >= 4 is 17.7 Å². The van der Waals surface area contributed by atoms with Crippen molar-refractivity contribution in [3.8, 4) is 17.6 Å². The fourth-order valence-electron chi connectivity index (χ4n) is 5.35. The quantitative estimate of drug-likeness (QED) is 0.412. The highest BCUT2D eigenvalue weighted by Crippen LogP contribution is 2.42. The van der Waals surface area contributed by atoms with Gasteiger partial charge in [-0.3, -0.25) is 4.79 Å². The molecule has 5 rings (SSSR count). The largest absolute Gasteiger partial charge is 0.480 e. The number of piperidine rings is 1. The number of nitriles is 1. The molecule has 2 aliphatic rings. The molecule has 2 fully saturated rings. The van der Waals surface area contributed by atoms with Crippen LogP contribution in [-0.4, -0.2) is 62.7 Å². The van der Waals surface area contributed by atoms with Crippen molar-refractivity contribution in [2.75, 3.05) is 30.3 Å². The van der Waals surface area contributed by atoms with Crippen LogP contribution in [0.4, 0.5) is 24.9 Å². The second kappa shape index (κ2) is 10.3. The number of aromatic nitrogens is 4. The Kier molecular flexibility index (Phi) is 7.01. The number of ether oxygens (including phenoxy) is 1. The molecule has 0 aliphatic carbocycles. The predicted molar refractivity (Wildman–Crippen MR) is 137 cm³/mol. The molecule has 40 heavy (non-hydrogen) atoms. The van der Waals surface area contributed by atoms with Crippen molar-refractivity contribution in [2.45, 2.75) is 44.5 Å². The first-order valence-corrected chi connectivity index (χ1v) is 12.6. The zero-order valence-corrected chi connectivity index (χ0v) is 21.5. The van der Waals surface area contributed by atoms with Crippen LogP contribution in [0.3, 0.4) is 0 Å². The number of halogens is 3. The minimum absolute atomic E-state index is 0.0443. The van der Waals surface area contributed by atoms with Crippen LogP contribution in [0.15, 0.2) is 36.5 Å². The molecular formula is C26H27F3N8O3. The van der Waals surface area contributed by atoms with Crippen molar-refractivity contribution in [3.05, 3.63) is 53.3 Å². The molecule has 0 radical (unpaired) electrons. The van der Waals surface area contributed by atoms with E-state index in [1.165, 1.54) is 35.1 Å². The molecule has 2 aromatic heterocycles. The highest BCUT2D eigenvalue weighted by atomic mass is 19.4. The summed E-state index contributed by atoms with van der Waals surface area (Å²) >= 11 is 0. The number of aryl methyl sites for hydroxylation is 1. The summed E-state index contributed by atoms with van der Waals surface area (Å²) in [6, 6.07) is 8.11. The molecule has 0 saturated carbocycles. The van der Waals surface area contributed by atoms with Gasteiger partial charge < -0.3 is 25.8 Å². The van der Waals surface area contributed by atoms with Gasteiger partial charge in [0.25, 0.3) is 0 Å². The molecule has 1 spiro atoms. The Morgan fingerprint density at radius 1 is 1.27 bits per heavy atom. The Hall–Kier alpha value is -4.38. The molecule has 11 nitrogen and oxygen atoms in total. The number of nitrogen functional groups attached to an aromatic ring is 1. The summed E-state index contributed by atoms with van der Waals surface area (Å²) in [7, 11) is 0. The van der Waals surface area contributed by atoms with E-state index in [1.807, 2.05) is 11.0 Å². The van der Waals surface area contributed by atoms with Gasteiger partial charge in [-0.05, 0) is 49.8 Å². The molecule has 2 atom stereocenters. The minimum Gasteiger partial charge on any atom is -0.480 e. The van der Waals surface area contributed by atoms with Crippen LogP contribution in [0.25, 0.3) is 5.69 Å². The summed E-state index contributed by atoms with van der Waals surface area (Å²) in [5, 5.41) is 25.9. The number of anilines is 2. The van der Waals surface area contributed by atoms with Crippen LogP contribution in [0.5, 0.6) is 5.88 Å². The number of benzene rings is 1. The molecular weight excluding hydrogens is 529 g/mol. The van der Waals surface area contributed by atoms with Gasteiger partial charge in [0.2, 0.25) is 17.9 Å². The van der Waals surface area contributed by atoms with Crippen LogP contribution >= 0.6 is 0 Å². The van der Waals surface area contributed by atoms with Gasteiger partial charge in [-0.2, -0.15) is 33.5 Å². The highest BCUT2D eigenvalue weighted by Gasteiger charge is 2.46. The SMILES string of the molecule is Cc1ccn(-c2cc(C#N)ccc2[C@@H](Oc2cc(N3CCC4(CC3)CN[C@H](C(=O)O)C4)nc(N)n2)C(F)(F)F)n1. The third kappa shape index (κ3) is 5.50. The van der Waals surface area contributed by atoms with Gasteiger partial charge in [0, 0.05) is 37.5 Å². The molecule has 2 saturated heterocycles. The molecule has 4 heterocycles. The average Bonchev–Trinajstić information content (AvgIpc) is 3.53. The first-order chi connectivity index (χ1) is 19.0. The molecule has 3 aromatic rings. The Morgan fingerprint density at radius 2 is 2.02 bits per heavy atom. The van der Waals surface area contributed by atoms with E-state index in [-0.39, 0.29) is 34.1 Å². The van der Waals surface area contributed by atoms with E-state index in [0.29, 0.717) is 50.4 Å². The lowest BCUT2D eigenvalue weighted by atomic mass is 9.76. The Morgan fingerprint density at radius 3 is 2.62 bits per heavy atom. The third-order valence-electron chi connectivity index (χ3n) is 7.46. The van der Waals surface area contributed by atoms with E-state index in [9.17, 15) is 28.3 Å². The predicted octanol–water partition coefficient (Wildman–Crippen LogP) is 3.14. The second-order valence-electron chi connectivity index (χ2n) is 10.2. The van der Waals surface area contributed by atoms with Crippen molar-refractivity contribution in [1.82, 2.24) is 25.1 Å². The van der Waals surface area contributed by atoms with Crippen LogP contribution in [0.1, 0.15) is 42.2 Å². The first-order valence-electron chi connectivity index (χ1n) is 12.6. The number of nitrogens with zero attached hydrogens (tertiary/aromatic N) is 6. The summed E-state index contributed by atoms with van der Waals surface area (Å²) in [5.74, 6) is -1.16. The fourth-order valence-corrected chi connectivity index (χ4v) is 5.35. The molecule has 0 bridgehead atoms. The highest BCUT2D eigenvalue weighted by molar-refractivity contribution is 5.74. The molecule has 4 N–H and O–H groups in total. The van der Waals surface area contributed by atoms with Gasteiger partial charge in [0.15, 0.2) is 0 Å². The number of hydrogen-bond donors (Lipinski definition) is 3. The molecule has 210 valence electrons. The zero-order chi connectivity index (χ0) is 28.7. The van der Waals surface area contributed by atoms with E-state index < -0.39 is 24.3 Å². The van der Waals surface area contributed by atoms with Crippen molar-refractivity contribution in [2.24, 2.45) is 5.41 Å². The van der Waals surface area contributed by atoms with Gasteiger partial charge in [-0.15, -0.1) is 0 Å². The maximum Gasteiger partial charge on any atom is 0.429 e.